The summed E-state index contributed by atoms with van der Waals surface area (Å²) in [4.78, 5) is 13.1. The van der Waals surface area contributed by atoms with Crippen LogP contribution in [-0.2, 0) is 11.4 Å². The molecule has 0 fully saturated rings. The molecule has 1 heterocycles. The molecule has 0 atom stereocenters. The van der Waals surface area contributed by atoms with E-state index in [0.717, 1.165) is 28.2 Å². The van der Waals surface area contributed by atoms with Gasteiger partial charge in [0.05, 0.1) is 6.21 Å². The number of ether oxygens (including phenoxy) is 2. The molecule has 2 aromatic rings. The normalized spacial score (nSPS) is 11.2. The Kier molecular flexibility index (Phi) is 6.95. The van der Waals surface area contributed by atoms with Gasteiger partial charge in [0.15, 0.2) is 5.82 Å². The molecule has 2 rings (SSSR count). The minimum Gasteiger partial charge on any atom is -0.490 e. The zero-order valence-corrected chi connectivity index (χ0v) is 15.0. The van der Waals surface area contributed by atoms with Gasteiger partial charge in [0.25, 0.3) is 0 Å². The predicted molar refractivity (Wildman–Crippen MR) is 97.2 cm³/mol. The number of oxime groups is 1. The van der Waals surface area contributed by atoms with Crippen LogP contribution in [0.15, 0.2) is 41.8 Å². The molecule has 0 saturated heterocycles. The topological polar surface area (TPSA) is 65.8 Å². The van der Waals surface area contributed by atoms with Crippen molar-refractivity contribution >= 4 is 6.21 Å². The van der Waals surface area contributed by atoms with Crippen LogP contribution in [0.3, 0.4) is 0 Å². The average molecular weight is 341 g/mol. The molecule has 0 radical (unpaired) electrons. The maximum atomic E-state index is 5.90. The first-order chi connectivity index (χ1) is 12.1. The summed E-state index contributed by atoms with van der Waals surface area (Å²) in [5.41, 5.74) is 2.79. The number of hydrogen-bond donors (Lipinski definition) is 0. The smallest absolute Gasteiger partial charge is 0.166 e. The van der Waals surface area contributed by atoms with Crippen molar-refractivity contribution in [3.63, 3.8) is 0 Å². The molecule has 25 heavy (non-hydrogen) atoms. The van der Waals surface area contributed by atoms with Crippen LogP contribution in [0.1, 0.15) is 29.4 Å². The van der Waals surface area contributed by atoms with Gasteiger partial charge in [-0.25, -0.2) is 9.97 Å². The zero-order valence-electron chi connectivity index (χ0n) is 15.0. The summed E-state index contributed by atoms with van der Waals surface area (Å²) < 4.78 is 11.6. The third kappa shape index (κ3) is 5.60. The highest BCUT2D eigenvalue weighted by Crippen LogP contribution is 2.29. The third-order valence-electron chi connectivity index (χ3n) is 3.39. The highest BCUT2D eigenvalue weighted by Gasteiger charge is 2.08. The fourth-order valence-corrected chi connectivity index (χ4v) is 2.22. The van der Waals surface area contributed by atoms with Gasteiger partial charge in [-0.2, -0.15) is 0 Å². The number of hydrogen-bond acceptors (Lipinski definition) is 6. The Balaban J connectivity index is 2.01. The maximum absolute atomic E-state index is 5.90. The van der Waals surface area contributed by atoms with Crippen molar-refractivity contribution in [1.29, 1.82) is 0 Å². The summed E-state index contributed by atoms with van der Waals surface area (Å²) in [6.45, 7) is 6.81. The van der Waals surface area contributed by atoms with Crippen LogP contribution < -0.4 is 9.47 Å². The van der Waals surface area contributed by atoms with Crippen molar-refractivity contribution in [1.82, 2.24) is 9.97 Å². The molecular weight excluding hydrogens is 318 g/mol. The first kappa shape index (κ1) is 18.4. The first-order valence-corrected chi connectivity index (χ1v) is 7.99. The van der Waals surface area contributed by atoms with E-state index in [1.54, 1.807) is 18.6 Å². The van der Waals surface area contributed by atoms with Crippen molar-refractivity contribution < 1.29 is 14.3 Å². The lowest BCUT2D eigenvalue weighted by Gasteiger charge is -2.14. The fraction of sp³-hybridized carbons (Fsp3) is 0.316. The van der Waals surface area contributed by atoms with Crippen molar-refractivity contribution in [3.8, 4) is 11.5 Å². The average Bonchev–Trinajstić information content (AvgIpc) is 2.60. The van der Waals surface area contributed by atoms with Crippen molar-refractivity contribution in [2.75, 3.05) is 13.7 Å². The Labute approximate surface area is 148 Å². The summed E-state index contributed by atoms with van der Waals surface area (Å²) in [5, 5.41) is 3.67. The molecule has 1 aromatic heterocycles. The lowest BCUT2D eigenvalue weighted by molar-refractivity contribution is 0.215. The predicted octanol–water partition coefficient (Wildman–Crippen LogP) is 3.61. The highest BCUT2D eigenvalue weighted by molar-refractivity contribution is 5.77. The Bertz CT molecular complexity index is 717. The van der Waals surface area contributed by atoms with E-state index in [4.69, 9.17) is 9.47 Å². The molecular formula is C19H23N3O3. The molecule has 0 saturated carbocycles. The second-order valence-electron chi connectivity index (χ2n) is 5.40. The number of rotatable bonds is 8. The van der Waals surface area contributed by atoms with E-state index in [1.807, 2.05) is 45.1 Å². The minimum absolute atomic E-state index is 0.294. The summed E-state index contributed by atoms with van der Waals surface area (Å²) in [6, 6.07) is 3.94. The fourth-order valence-electron chi connectivity index (χ4n) is 2.22. The third-order valence-corrected chi connectivity index (χ3v) is 3.39. The maximum Gasteiger partial charge on any atom is 0.166 e. The quantitative estimate of drug-likeness (QED) is 0.417. The molecule has 132 valence electrons. The number of aromatic nitrogens is 2. The van der Waals surface area contributed by atoms with Crippen molar-refractivity contribution in [2.24, 2.45) is 5.16 Å². The van der Waals surface area contributed by atoms with E-state index in [-0.39, 0.29) is 0 Å². The Morgan fingerprint density at radius 2 is 1.76 bits per heavy atom. The molecule has 0 amide bonds. The standard InChI is InChI=1S/C19H23N3O3/c1-5-6-7-24-17-8-14(2)19(15(3)9-17)25-13-18-20-10-16(11-21-18)12-22-23-4/h5-6,8-12H,7,13H2,1-4H3/b6-5+,22-12+. The Hall–Kier alpha value is -2.89. The highest BCUT2D eigenvalue weighted by atomic mass is 16.6. The Morgan fingerprint density at radius 1 is 1.08 bits per heavy atom. The molecule has 0 spiro atoms. The number of aryl methyl sites for hydroxylation is 2. The summed E-state index contributed by atoms with van der Waals surface area (Å²) >= 11 is 0. The van der Waals surface area contributed by atoms with Gasteiger partial charge in [-0.15, -0.1) is 0 Å². The minimum atomic E-state index is 0.294. The second kappa shape index (κ2) is 9.42. The van der Waals surface area contributed by atoms with Gasteiger partial charge in [-0.1, -0.05) is 17.3 Å². The van der Waals surface area contributed by atoms with E-state index >= 15 is 0 Å². The van der Waals surface area contributed by atoms with Crippen LogP contribution in [0.4, 0.5) is 0 Å². The van der Waals surface area contributed by atoms with Gasteiger partial charge < -0.3 is 14.3 Å². The molecule has 0 aliphatic carbocycles. The van der Waals surface area contributed by atoms with E-state index in [0.29, 0.717) is 19.0 Å². The van der Waals surface area contributed by atoms with Gasteiger partial charge >= 0.3 is 0 Å². The second-order valence-corrected chi connectivity index (χ2v) is 5.40. The van der Waals surface area contributed by atoms with Crippen LogP contribution in [-0.4, -0.2) is 29.9 Å². The lowest BCUT2D eigenvalue weighted by atomic mass is 10.1. The van der Waals surface area contributed by atoms with Gasteiger partial charge in [-0.05, 0) is 44.0 Å². The number of benzene rings is 1. The Morgan fingerprint density at radius 3 is 2.36 bits per heavy atom. The van der Waals surface area contributed by atoms with Gasteiger partial charge in [-0.3, -0.25) is 0 Å². The van der Waals surface area contributed by atoms with E-state index in [9.17, 15) is 0 Å². The van der Waals surface area contributed by atoms with Crippen molar-refractivity contribution in [3.05, 3.63) is 59.2 Å². The summed E-state index contributed by atoms with van der Waals surface area (Å²) in [7, 11) is 1.49. The number of allylic oxidation sites excluding steroid dienone is 1. The molecule has 1 aromatic carbocycles. The molecule has 0 aliphatic rings. The van der Waals surface area contributed by atoms with E-state index < -0.39 is 0 Å². The van der Waals surface area contributed by atoms with E-state index in [2.05, 4.69) is 20.0 Å². The van der Waals surface area contributed by atoms with Crippen LogP contribution in [0.25, 0.3) is 0 Å². The van der Waals surface area contributed by atoms with Crippen LogP contribution in [0, 0.1) is 13.8 Å². The molecule has 0 N–H and O–H groups in total. The summed E-state index contributed by atoms with van der Waals surface area (Å²) in [6.07, 6.45) is 8.82. The molecule has 6 nitrogen and oxygen atoms in total. The molecule has 0 bridgehead atoms. The molecule has 6 heteroatoms. The molecule has 0 aliphatic heterocycles. The lowest BCUT2D eigenvalue weighted by Crippen LogP contribution is -2.04. The van der Waals surface area contributed by atoms with Crippen LogP contribution in [0.2, 0.25) is 0 Å². The monoisotopic (exact) mass is 341 g/mol. The van der Waals surface area contributed by atoms with Gasteiger partial charge in [0.2, 0.25) is 0 Å². The number of nitrogens with zero attached hydrogens (tertiary/aromatic N) is 3. The van der Waals surface area contributed by atoms with Crippen molar-refractivity contribution in [2.45, 2.75) is 27.4 Å². The van der Waals surface area contributed by atoms with Gasteiger partial charge in [0, 0.05) is 18.0 Å². The van der Waals surface area contributed by atoms with Gasteiger partial charge in [0.1, 0.15) is 31.8 Å². The summed E-state index contributed by atoms with van der Waals surface area (Å²) in [5.74, 6) is 2.26. The largest absolute Gasteiger partial charge is 0.490 e. The van der Waals surface area contributed by atoms with E-state index in [1.165, 1.54) is 7.11 Å². The SMILES string of the molecule is C/C=C/COc1cc(C)c(OCc2ncc(/C=N/OC)cn2)c(C)c1. The first-order valence-electron chi connectivity index (χ1n) is 7.99. The molecule has 0 unspecified atom stereocenters. The van der Waals surface area contributed by atoms with Crippen LogP contribution >= 0.6 is 0 Å². The zero-order chi connectivity index (χ0) is 18.1. The van der Waals surface area contributed by atoms with Crippen LogP contribution in [0.5, 0.6) is 11.5 Å².